The highest BCUT2D eigenvalue weighted by Crippen LogP contribution is 2.21. The van der Waals surface area contributed by atoms with E-state index in [1.165, 1.54) is 11.3 Å². The molecule has 3 rings (SSSR count). The summed E-state index contributed by atoms with van der Waals surface area (Å²) in [5, 5.41) is 14.3. The lowest BCUT2D eigenvalue weighted by atomic mass is 10.0. The molecule has 52 heavy (non-hydrogen) atoms. The third-order valence-corrected chi connectivity index (χ3v) is 7.87. The van der Waals surface area contributed by atoms with E-state index >= 15 is 0 Å². The van der Waals surface area contributed by atoms with Crippen molar-refractivity contribution in [3.8, 4) is 11.3 Å². The number of hydrogen-bond donors (Lipinski definition) is 1. The average Bonchev–Trinajstić information content (AvgIpc) is 3.46. The van der Waals surface area contributed by atoms with E-state index < -0.39 is 66.8 Å². The molecule has 0 aliphatic heterocycles. The number of carbonyl (C=O) groups excluding carboxylic acids is 6. The minimum Gasteiger partial charge on any atom is -0.462 e. The average molecular weight is 803 g/mol. The molecule has 2 aromatic carbocycles. The molecule has 18 heteroatoms. The van der Waals surface area contributed by atoms with Gasteiger partial charge in [-0.25, -0.2) is 5.43 Å². The van der Waals surface area contributed by atoms with E-state index in [-0.39, 0.29) is 6.54 Å². The fourth-order valence-electron chi connectivity index (χ4n) is 4.50. The molecule has 276 valence electrons. The maximum Gasteiger partial charge on any atom is 0.303 e. The first-order valence-corrected chi connectivity index (χ1v) is 17.1. The lowest BCUT2D eigenvalue weighted by molar-refractivity contribution is -0.197. The molecular formula is C34H36BrN5O11S. The molecule has 16 nitrogen and oxygen atoms in total. The SMILES string of the molecule is CC(=O)OC[C@@H](OC(C)=O)[C@H](OC(C)=O)[C@H](OC(C)=O)[C@H](/C=N/NC(=O)Cn1c(-c2ccccc2)cs/c1=N/N=C/c1ccc(Br)cc1)OC(C)=O. The predicted molar refractivity (Wildman–Crippen MR) is 191 cm³/mol. The number of ether oxygens (including phenoxy) is 5. The predicted octanol–water partition coefficient (Wildman–Crippen LogP) is 3.31. The zero-order valence-electron chi connectivity index (χ0n) is 28.7. The summed E-state index contributed by atoms with van der Waals surface area (Å²) in [6.07, 6.45) is -4.00. The van der Waals surface area contributed by atoms with Crippen molar-refractivity contribution >= 4 is 75.4 Å². The van der Waals surface area contributed by atoms with Gasteiger partial charge in [-0.15, -0.1) is 16.4 Å². The molecule has 1 N–H and O–H groups in total. The van der Waals surface area contributed by atoms with Crippen LogP contribution in [0.5, 0.6) is 0 Å². The Balaban J connectivity index is 1.95. The Kier molecular flexibility index (Phi) is 16.0. The van der Waals surface area contributed by atoms with E-state index in [0.717, 1.165) is 56.4 Å². The summed E-state index contributed by atoms with van der Waals surface area (Å²) in [7, 11) is 0. The summed E-state index contributed by atoms with van der Waals surface area (Å²) in [5.74, 6) is -4.94. The van der Waals surface area contributed by atoms with Gasteiger partial charge in [0.15, 0.2) is 24.4 Å². The van der Waals surface area contributed by atoms with Gasteiger partial charge in [0.25, 0.3) is 5.91 Å². The molecule has 0 fully saturated rings. The van der Waals surface area contributed by atoms with Gasteiger partial charge in [0.1, 0.15) is 13.2 Å². The number of nitrogens with one attached hydrogen (secondary N) is 1. The van der Waals surface area contributed by atoms with Gasteiger partial charge in [-0.2, -0.15) is 10.2 Å². The zero-order valence-corrected chi connectivity index (χ0v) is 31.1. The van der Waals surface area contributed by atoms with E-state index in [2.05, 4.69) is 36.7 Å². The fraction of sp³-hybridized carbons (Fsp3) is 0.324. The molecule has 0 unspecified atom stereocenters. The Hall–Kier alpha value is -5.49. The minimum absolute atomic E-state index is 0.281. The van der Waals surface area contributed by atoms with Crippen LogP contribution in [0.15, 0.2) is 79.8 Å². The fourth-order valence-corrected chi connectivity index (χ4v) is 5.63. The molecule has 1 aromatic heterocycles. The number of thiazole rings is 1. The molecule has 0 saturated carbocycles. The number of esters is 5. The smallest absolute Gasteiger partial charge is 0.303 e. The number of carbonyl (C=O) groups is 6. The van der Waals surface area contributed by atoms with Crippen molar-refractivity contribution in [2.75, 3.05) is 6.61 Å². The first-order valence-electron chi connectivity index (χ1n) is 15.4. The summed E-state index contributed by atoms with van der Waals surface area (Å²) >= 11 is 4.65. The van der Waals surface area contributed by atoms with Crippen LogP contribution in [0, 0.1) is 0 Å². The molecule has 0 radical (unpaired) electrons. The second-order valence-corrected chi connectivity index (χ2v) is 12.5. The van der Waals surface area contributed by atoms with Gasteiger partial charge in [-0.1, -0.05) is 58.4 Å². The maximum atomic E-state index is 13.3. The number of halogens is 1. The van der Waals surface area contributed by atoms with Crippen molar-refractivity contribution in [3.05, 3.63) is 74.8 Å². The molecule has 1 amide bonds. The molecule has 0 bridgehead atoms. The molecule has 1 heterocycles. The van der Waals surface area contributed by atoms with Crippen molar-refractivity contribution in [3.63, 3.8) is 0 Å². The third kappa shape index (κ3) is 13.7. The lowest BCUT2D eigenvalue weighted by Crippen LogP contribution is -2.53. The Morgan fingerprint density at radius 1 is 0.808 bits per heavy atom. The second-order valence-electron chi connectivity index (χ2n) is 10.7. The van der Waals surface area contributed by atoms with Crippen molar-refractivity contribution < 1.29 is 52.5 Å². The van der Waals surface area contributed by atoms with Crippen molar-refractivity contribution in [2.45, 2.75) is 65.6 Å². The monoisotopic (exact) mass is 801 g/mol. The first-order chi connectivity index (χ1) is 24.7. The topological polar surface area (TPSA) is 203 Å². The van der Waals surface area contributed by atoms with Crippen LogP contribution in [0.4, 0.5) is 0 Å². The highest BCUT2D eigenvalue weighted by molar-refractivity contribution is 9.10. The number of aromatic nitrogens is 1. The van der Waals surface area contributed by atoms with Crippen LogP contribution in [-0.2, 0) is 59.0 Å². The number of benzene rings is 2. The van der Waals surface area contributed by atoms with E-state index in [0.29, 0.717) is 10.5 Å². The summed E-state index contributed by atoms with van der Waals surface area (Å²) < 4.78 is 28.8. The number of hydrogen-bond acceptors (Lipinski definition) is 15. The Labute approximate surface area is 310 Å². The Morgan fingerprint density at radius 2 is 1.42 bits per heavy atom. The second kappa shape index (κ2) is 20.4. The van der Waals surface area contributed by atoms with Gasteiger partial charge < -0.3 is 28.3 Å². The molecule has 0 saturated heterocycles. The van der Waals surface area contributed by atoms with E-state index in [4.69, 9.17) is 23.7 Å². The summed E-state index contributed by atoms with van der Waals surface area (Å²) in [6, 6.07) is 16.7. The van der Waals surface area contributed by atoms with Crippen LogP contribution in [0.25, 0.3) is 11.3 Å². The molecule has 0 aliphatic rings. The standard InChI is InChI=1S/C34H36BrN5O11S/c1-20(41)47-18-30(49-22(3)43)33(51-24(5)45)32(50-23(4)44)29(48-21(2)42)16-37-38-31(46)17-40-28(26-9-7-6-8-10-26)19-52-34(40)39-36-15-25-11-13-27(35)14-12-25/h6-16,19,29-30,32-33H,17-18H2,1-5H3,(H,38,46)/b36-15+,37-16+,39-34+/t29-,30+,32+,33-/m0/s1. The van der Waals surface area contributed by atoms with Gasteiger partial charge in [0.2, 0.25) is 4.80 Å². The minimum atomic E-state index is -1.70. The number of nitrogens with zero attached hydrogens (tertiary/aromatic N) is 4. The van der Waals surface area contributed by atoms with Crippen LogP contribution >= 0.6 is 27.3 Å². The number of rotatable bonds is 16. The van der Waals surface area contributed by atoms with Gasteiger partial charge in [-0.3, -0.25) is 28.8 Å². The van der Waals surface area contributed by atoms with E-state index in [1.54, 1.807) is 10.8 Å². The Morgan fingerprint density at radius 3 is 2.02 bits per heavy atom. The molecular weight excluding hydrogens is 766 g/mol. The van der Waals surface area contributed by atoms with Crippen LogP contribution in [0.1, 0.15) is 40.2 Å². The lowest BCUT2D eigenvalue weighted by Gasteiger charge is -2.34. The van der Waals surface area contributed by atoms with Gasteiger partial charge in [0.05, 0.1) is 18.1 Å². The van der Waals surface area contributed by atoms with Crippen molar-refractivity contribution in [2.24, 2.45) is 15.3 Å². The highest BCUT2D eigenvalue weighted by atomic mass is 79.9. The largest absolute Gasteiger partial charge is 0.462 e. The van der Waals surface area contributed by atoms with Gasteiger partial charge >= 0.3 is 29.8 Å². The molecule has 4 atom stereocenters. The van der Waals surface area contributed by atoms with Crippen LogP contribution in [0.3, 0.4) is 0 Å². The first kappa shape index (κ1) is 40.9. The molecule has 0 spiro atoms. The van der Waals surface area contributed by atoms with Crippen molar-refractivity contribution in [1.82, 2.24) is 9.99 Å². The van der Waals surface area contributed by atoms with Gasteiger partial charge in [0, 0.05) is 44.5 Å². The highest BCUT2D eigenvalue weighted by Gasteiger charge is 2.43. The summed E-state index contributed by atoms with van der Waals surface area (Å²) in [6.45, 7) is 4.36. The third-order valence-electron chi connectivity index (χ3n) is 6.49. The summed E-state index contributed by atoms with van der Waals surface area (Å²) in [5.41, 5.74) is 4.63. The van der Waals surface area contributed by atoms with Crippen LogP contribution in [-0.4, -0.2) is 83.8 Å². The van der Waals surface area contributed by atoms with Crippen molar-refractivity contribution in [1.29, 1.82) is 0 Å². The van der Waals surface area contributed by atoms with Crippen LogP contribution < -0.4 is 10.2 Å². The Bertz CT molecular complexity index is 1860. The molecule has 0 aliphatic carbocycles. The quantitative estimate of drug-likeness (QED) is 0.0964. The maximum absolute atomic E-state index is 13.3. The number of amides is 1. The van der Waals surface area contributed by atoms with E-state index in [1.807, 2.05) is 60.0 Å². The van der Waals surface area contributed by atoms with E-state index in [9.17, 15) is 28.8 Å². The normalized spacial score (nSPS) is 13.8. The molecule has 3 aromatic rings. The number of hydrazone groups is 1. The van der Waals surface area contributed by atoms with Crippen LogP contribution in [0.2, 0.25) is 0 Å². The summed E-state index contributed by atoms with van der Waals surface area (Å²) in [4.78, 5) is 73.7. The van der Waals surface area contributed by atoms with Gasteiger partial charge in [-0.05, 0) is 23.3 Å². The zero-order chi connectivity index (χ0) is 38.2.